The van der Waals surface area contributed by atoms with E-state index in [0.717, 1.165) is 0 Å². The van der Waals surface area contributed by atoms with Crippen LogP contribution in [-0.4, -0.2) is 18.6 Å². The van der Waals surface area contributed by atoms with Crippen LogP contribution in [0.5, 0.6) is 0 Å². The molecule has 11 heavy (non-hydrogen) atoms. The van der Waals surface area contributed by atoms with Crippen LogP contribution in [0.2, 0.25) is 0 Å². The molecule has 0 atom stereocenters. The van der Waals surface area contributed by atoms with E-state index in [1.54, 1.807) is 0 Å². The number of ether oxygens (including phenoxy) is 1. The van der Waals surface area contributed by atoms with Crippen molar-refractivity contribution in [3.05, 3.63) is 23.6 Å². The molecule has 0 aliphatic heterocycles. The molecular weight excluding hydrogens is 144 g/mol. The average molecular weight is 152 g/mol. The first-order valence-corrected chi connectivity index (χ1v) is 3.01. The summed E-state index contributed by atoms with van der Waals surface area (Å²) in [5.74, 6) is -0.0537. The molecule has 0 radical (unpaired) electrons. The van der Waals surface area contributed by atoms with Crippen molar-refractivity contribution in [1.82, 2.24) is 0 Å². The Hall–Kier alpha value is -1.58. The van der Waals surface area contributed by atoms with Crippen molar-refractivity contribution in [1.29, 1.82) is 5.41 Å². The number of nitrogens with one attached hydrogen (secondary N) is 1. The minimum absolute atomic E-state index is 0.108. The van der Waals surface area contributed by atoms with Crippen LogP contribution >= 0.6 is 0 Å². The van der Waals surface area contributed by atoms with Gasteiger partial charge in [-0.25, -0.2) is 0 Å². The predicted octanol–water partition coefficient (Wildman–Crippen LogP) is -0.0382. The minimum atomic E-state index is -0.379. The zero-order valence-electron chi connectivity index (χ0n) is 6.05. The molecule has 0 aromatic rings. The number of allylic oxidation sites excluding steroid dienone is 2. The Bertz CT molecular complexity index is 276. The maximum Gasteiger partial charge on any atom is 0.207 e. The third-order valence-corrected chi connectivity index (χ3v) is 1.33. The van der Waals surface area contributed by atoms with Gasteiger partial charge in [-0.15, -0.1) is 0 Å². The molecule has 1 aliphatic rings. The fourth-order valence-corrected chi connectivity index (χ4v) is 0.755. The van der Waals surface area contributed by atoms with Gasteiger partial charge in [0.15, 0.2) is 0 Å². The summed E-state index contributed by atoms with van der Waals surface area (Å²) in [4.78, 5) is 10.8. The second kappa shape index (κ2) is 2.57. The average Bonchev–Trinajstić information content (AvgIpc) is 1.97. The summed E-state index contributed by atoms with van der Waals surface area (Å²) in [6.07, 6.45) is 2.48. The second-order valence-corrected chi connectivity index (χ2v) is 2.09. The quantitative estimate of drug-likeness (QED) is 0.517. The molecule has 4 nitrogen and oxygen atoms in total. The number of carbonyl (C=O) groups is 1. The Morgan fingerprint density at radius 3 is 2.73 bits per heavy atom. The van der Waals surface area contributed by atoms with Gasteiger partial charge in [0.1, 0.15) is 11.5 Å². The number of ketones is 1. The van der Waals surface area contributed by atoms with Crippen molar-refractivity contribution in [3.8, 4) is 0 Å². The standard InChI is InChI=1S/C7H8N2O2/c1-11-7-3-6(10)4(8)2-5(7)9/h2-3,8H,9H2,1H3. The monoisotopic (exact) mass is 152 g/mol. The van der Waals surface area contributed by atoms with E-state index in [0.29, 0.717) is 11.5 Å². The van der Waals surface area contributed by atoms with Crippen LogP contribution in [-0.2, 0) is 9.53 Å². The molecule has 0 unspecified atom stereocenters. The van der Waals surface area contributed by atoms with Gasteiger partial charge in [-0.05, 0) is 6.08 Å². The van der Waals surface area contributed by atoms with E-state index in [-0.39, 0.29) is 11.5 Å². The van der Waals surface area contributed by atoms with E-state index < -0.39 is 0 Å². The van der Waals surface area contributed by atoms with Gasteiger partial charge in [0.05, 0.1) is 12.8 Å². The summed E-state index contributed by atoms with van der Waals surface area (Å²) in [5.41, 5.74) is 5.63. The Balaban J connectivity index is 3.00. The molecule has 0 saturated carbocycles. The maximum absolute atomic E-state index is 10.8. The lowest BCUT2D eigenvalue weighted by Gasteiger charge is -2.09. The van der Waals surface area contributed by atoms with Crippen LogP contribution in [0.4, 0.5) is 0 Å². The first-order chi connectivity index (χ1) is 5.15. The van der Waals surface area contributed by atoms with Crippen molar-refractivity contribution >= 4 is 11.5 Å². The smallest absolute Gasteiger partial charge is 0.207 e. The molecule has 0 saturated heterocycles. The highest BCUT2D eigenvalue weighted by Crippen LogP contribution is 2.10. The summed E-state index contributed by atoms with van der Waals surface area (Å²) in [7, 11) is 1.43. The van der Waals surface area contributed by atoms with Crippen LogP contribution < -0.4 is 5.73 Å². The molecule has 0 bridgehead atoms. The molecule has 0 aromatic heterocycles. The molecule has 0 aromatic carbocycles. The first-order valence-electron chi connectivity index (χ1n) is 3.01. The summed E-state index contributed by atoms with van der Waals surface area (Å²) in [6.45, 7) is 0. The fourth-order valence-electron chi connectivity index (χ4n) is 0.755. The van der Waals surface area contributed by atoms with Gasteiger partial charge < -0.3 is 10.5 Å². The third-order valence-electron chi connectivity index (χ3n) is 1.33. The van der Waals surface area contributed by atoms with Crippen molar-refractivity contribution in [2.24, 2.45) is 5.73 Å². The van der Waals surface area contributed by atoms with Gasteiger partial charge in [0.2, 0.25) is 5.78 Å². The lowest BCUT2D eigenvalue weighted by atomic mass is 10.1. The summed E-state index contributed by atoms with van der Waals surface area (Å²) < 4.78 is 4.77. The minimum Gasteiger partial charge on any atom is -0.494 e. The predicted molar refractivity (Wildman–Crippen MR) is 40.1 cm³/mol. The topological polar surface area (TPSA) is 76.2 Å². The number of carbonyl (C=O) groups excluding carboxylic acids is 1. The van der Waals surface area contributed by atoms with Gasteiger partial charge in [0.25, 0.3) is 0 Å². The normalized spacial score (nSPS) is 17.5. The van der Waals surface area contributed by atoms with E-state index in [9.17, 15) is 4.79 Å². The van der Waals surface area contributed by atoms with E-state index in [1.165, 1.54) is 19.3 Å². The van der Waals surface area contributed by atoms with Gasteiger partial charge in [-0.2, -0.15) is 0 Å². The molecule has 0 spiro atoms. The second-order valence-electron chi connectivity index (χ2n) is 2.09. The molecule has 0 amide bonds. The van der Waals surface area contributed by atoms with Crippen molar-refractivity contribution in [3.63, 3.8) is 0 Å². The van der Waals surface area contributed by atoms with Crippen LogP contribution in [0.1, 0.15) is 0 Å². The van der Waals surface area contributed by atoms with Gasteiger partial charge in [0, 0.05) is 6.08 Å². The van der Waals surface area contributed by atoms with Crippen LogP contribution in [0.25, 0.3) is 0 Å². The van der Waals surface area contributed by atoms with Crippen molar-refractivity contribution < 1.29 is 9.53 Å². The van der Waals surface area contributed by atoms with Gasteiger partial charge in [-0.3, -0.25) is 10.2 Å². The zero-order chi connectivity index (χ0) is 8.43. The summed E-state index contributed by atoms with van der Waals surface area (Å²) in [6, 6.07) is 0. The highest BCUT2D eigenvalue weighted by atomic mass is 16.5. The lowest BCUT2D eigenvalue weighted by molar-refractivity contribution is -0.109. The number of hydrogen-bond donors (Lipinski definition) is 2. The largest absolute Gasteiger partial charge is 0.494 e. The highest BCUT2D eigenvalue weighted by Gasteiger charge is 2.15. The fraction of sp³-hybridized carbons (Fsp3) is 0.143. The van der Waals surface area contributed by atoms with Crippen LogP contribution in [0, 0.1) is 5.41 Å². The Morgan fingerprint density at radius 2 is 2.18 bits per heavy atom. The number of rotatable bonds is 1. The van der Waals surface area contributed by atoms with E-state index >= 15 is 0 Å². The van der Waals surface area contributed by atoms with Crippen LogP contribution in [0.15, 0.2) is 23.6 Å². The lowest BCUT2D eigenvalue weighted by Crippen LogP contribution is -2.18. The van der Waals surface area contributed by atoms with E-state index in [1.807, 2.05) is 0 Å². The molecule has 58 valence electrons. The van der Waals surface area contributed by atoms with E-state index in [2.05, 4.69) is 0 Å². The molecule has 3 N–H and O–H groups in total. The molecule has 4 heteroatoms. The zero-order valence-corrected chi connectivity index (χ0v) is 6.05. The molecule has 0 fully saturated rings. The number of nitrogens with two attached hydrogens (primary N) is 1. The van der Waals surface area contributed by atoms with Gasteiger partial charge in [-0.1, -0.05) is 0 Å². The Labute approximate surface area is 63.8 Å². The molecule has 0 heterocycles. The Kier molecular flexibility index (Phi) is 1.76. The Morgan fingerprint density at radius 1 is 1.55 bits per heavy atom. The third kappa shape index (κ3) is 1.29. The molecule has 1 aliphatic carbocycles. The molecule has 1 rings (SSSR count). The van der Waals surface area contributed by atoms with Crippen molar-refractivity contribution in [2.45, 2.75) is 0 Å². The maximum atomic E-state index is 10.8. The van der Waals surface area contributed by atoms with Crippen molar-refractivity contribution in [2.75, 3.05) is 7.11 Å². The summed E-state index contributed by atoms with van der Waals surface area (Å²) >= 11 is 0. The number of methoxy groups -OCH3 is 1. The molecular formula is C7H8N2O2. The van der Waals surface area contributed by atoms with E-state index in [4.69, 9.17) is 15.9 Å². The first kappa shape index (κ1) is 7.53. The van der Waals surface area contributed by atoms with Gasteiger partial charge >= 0.3 is 0 Å². The summed E-state index contributed by atoms with van der Waals surface area (Å²) in [5, 5.41) is 7.08. The van der Waals surface area contributed by atoms with Crippen LogP contribution in [0.3, 0.4) is 0 Å². The highest BCUT2D eigenvalue weighted by molar-refractivity contribution is 6.47. The SMILES string of the molecule is COC1=CC(=O)C(=N)C=C1N. The number of hydrogen-bond acceptors (Lipinski definition) is 4.